The number of esters is 1. The molecule has 1 heterocycles. The Morgan fingerprint density at radius 2 is 1.83 bits per heavy atom. The molecular weight excluding hydrogens is 445 g/mol. The van der Waals surface area contributed by atoms with E-state index in [-0.39, 0.29) is 29.7 Å². The first-order valence-corrected chi connectivity index (χ1v) is 12.0. The number of ether oxygens (including phenoxy) is 3. The quantitative estimate of drug-likeness (QED) is 0.404. The van der Waals surface area contributed by atoms with Gasteiger partial charge in [-0.15, -0.1) is 0 Å². The number of hydrogen-bond donors (Lipinski definition) is 1. The Bertz CT molecular complexity index is 1220. The van der Waals surface area contributed by atoms with Crippen molar-refractivity contribution >= 4 is 11.7 Å². The summed E-state index contributed by atoms with van der Waals surface area (Å²) in [6.45, 7) is 2.44. The van der Waals surface area contributed by atoms with Crippen molar-refractivity contribution in [2.45, 2.75) is 31.7 Å². The van der Waals surface area contributed by atoms with Crippen molar-refractivity contribution in [2.24, 2.45) is 11.8 Å². The van der Waals surface area contributed by atoms with Gasteiger partial charge in [0.1, 0.15) is 23.9 Å². The number of methoxy groups -OCH3 is 2. The van der Waals surface area contributed by atoms with Crippen LogP contribution in [-0.2, 0) is 9.53 Å². The molecule has 3 aromatic rings. The molecule has 182 valence electrons. The number of fused-ring (bicyclic) bond motifs is 1. The molecule has 5 rings (SSSR count). The first-order chi connectivity index (χ1) is 17.0. The van der Waals surface area contributed by atoms with Gasteiger partial charge in [0.15, 0.2) is 0 Å². The molecule has 35 heavy (non-hydrogen) atoms. The Kier molecular flexibility index (Phi) is 6.37. The molecule has 3 atom stereocenters. The third kappa shape index (κ3) is 4.70. The fourth-order valence-electron chi connectivity index (χ4n) is 5.08. The summed E-state index contributed by atoms with van der Waals surface area (Å²) in [5.41, 5.74) is 4.39. The molecule has 1 aliphatic heterocycles. The molecule has 3 aromatic carbocycles. The average Bonchev–Trinajstić information content (AvgIpc) is 3.73. The molecule has 0 amide bonds. The molecule has 0 aromatic heterocycles. The van der Waals surface area contributed by atoms with Crippen molar-refractivity contribution in [3.05, 3.63) is 77.6 Å². The van der Waals surface area contributed by atoms with Crippen LogP contribution in [0.5, 0.6) is 11.5 Å². The molecule has 1 unspecified atom stereocenters. The summed E-state index contributed by atoms with van der Waals surface area (Å²) < 4.78 is 30.7. The molecule has 1 fully saturated rings. The zero-order valence-electron chi connectivity index (χ0n) is 20.2. The summed E-state index contributed by atoms with van der Waals surface area (Å²) in [7, 11) is 3.02. The minimum absolute atomic E-state index is 0.0423. The zero-order chi connectivity index (χ0) is 24.5. The van der Waals surface area contributed by atoms with Gasteiger partial charge in [-0.2, -0.15) is 0 Å². The minimum Gasteiger partial charge on any atom is -0.497 e. The summed E-state index contributed by atoms with van der Waals surface area (Å²) >= 11 is 0. The minimum atomic E-state index is -0.287. The maximum absolute atomic E-state index is 14.4. The van der Waals surface area contributed by atoms with E-state index in [1.807, 2.05) is 37.3 Å². The van der Waals surface area contributed by atoms with Crippen molar-refractivity contribution in [1.82, 2.24) is 0 Å². The SMILES string of the molecule is COC(=O)[C@@H](C)[C@H](c1ccc2c(c1)NC(c1ccc(-c3cc(OC)ccc3F)cc1)CO2)C1CC1. The second-order valence-corrected chi connectivity index (χ2v) is 9.41. The van der Waals surface area contributed by atoms with E-state index >= 15 is 0 Å². The zero-order valence-corrected chi connectivity index (χ0v) is 20.2. The van der Waals surface area contributed by atoms with Gasteiger partial charge in [0.05, 0.1) is 31.9 Å². The third-order valence-electron chi connectivity index (χ3n) is 7.16. The number of nitrogens with one attached hydrogen (secondary N) is 1. The van der Waals surface area contributed by atoms with Gasteiger partial charge in [-0.25, -0.2) is 4.39 Å². The predicted octanol–water partition coefficient (Wildman–Crippen LogP) is 6.35. The van der Waals surface area contributed by atoms with Gasteiger partial charge < -0.3 is 19.5 Å². The molecule has 0 saturated heterocycles. The van der Waals surface area contributed by atoms with Gasteiger partial charge in [0, 0.05) is 5.56 Å². The Morgan fingerprint density at radius 3 is 2.51 bits per heavy atom. The van der Waals surface area contributed by atoms with Gasteiger partial charge in [-0.05, 0) is 71.7 Å². The lowest BCUT2D eigenvalue weighted by Gasteiger charge is -2.30. The van der Waals surface area contributed by atoms with Crippen LogP contribution in [0.4, 0.5) is 10.1 Å². The molecular formula is C29H30FNO4. The summed E-state index contributed by atoms with van der Waals surface area (Å²) in [6, 6.07) is 18.7. The Hall–Kier alpha value is -3.54. The number of benzene rings is 3. The number of carbonyl (C=O) groups is 1. The Morgan fingerprint density at radius 1 is 1.06 bits per heavy atom. The molecule has 0 radical (unpaired) electrons. The van der Waals surface area contributed by atoms with Crippen molar-refractivity contribution in [2.75, 3.05) is 26.1 Å². The summed E-state index contributed by atoms with van der Waals surface area (Å²) in [5.74, 6) is 1.40. The molecule has 0 spiro atoms. The van der Waals surface area contributed by atoms with Gasteiger partial charge in [-0.3, -0.25) is 4.79 Å². The van der Waals surface area contributed by atoms with E-state index in [1.54, 1.807) is 19.2 Å². The van der Waals surface area contributed by atoms with E-state index in [0.717, 1.165) is 41.0 Å². The van der Waals surface area contributed by atoms with E-state index in [1.165, 1.54) is 13.2 Å². The van der Waals surface area contributed by atoms with E-state index < -0.39 is 0 Å². The Balaban J connectivity index is 1.37. The van der Waals surface area contributed by atoms with Crippen molar-refractivity contribution in [3.8, 4) is 22.6 Å². The van der Waals surface area contributed by atoms with Gasteiger partial charge in [0.25, 0.3) is 0 Å². The second kappa shape index (κ2) is 9.61. The smallest absolute Gasteiger partial charge is 0.309 e. The van der Waals surface area contributed by atoms with Gasteiger partial charge in [-0.1, -0.05) is 37.3 Å². The molecule has 1 N–H and O–H groups in total. The molecule has 6 heteroatoms. The van der Waals surface area contributed by atoms with Crippen LogP contribution >= 0.6 is 0 Å². The normalized spacial score (nSPS) is 18.5. The number of halogens is 1. The van der Waals surface area contributed by atoms with E-state index in [9.17, 15) is 9.18 Å². The van der Waals surface area contributed by atoms with Crippen molar-refractivity contribution in [3.63, 3.8) is 0 Å². The molecule has 2 aliphatic rings. The highest BCUT2D eigenvalue weighted by molar-refractivity contribution is 5.74. The van der Waals surface area contributed by atoms with Gasteiger partial charge in [0.2, 0.25) is 0 Å². The number of anilines is 1. The molecule has 5 nitrogen and oxygen atoms in total. The second-order valence-electron chi connectivity index (χ2n) is 9.41. The van der Waals surface area contributed by atoms with Crippen molar-refractivity contribution in [1.29, 1.82) is 0 Å². The fourth-order valence-corrected chi connectivity index (χ4v) is 5.08. The first-order valence-electron chi connectivity index (χ1n) is 12.0. The predicted molar refractivity (Wildman–Crippen MR) is 133 cm³/mol. The molecule has 1 aliphatic carbocycles. The highest BCUT2D eigenvalue weighted by Gasteiger charge is 2.39. The standard InChI is InChI=1S/C29H30FNO4/c1-17(29(32)34-3)28(20-8-9-20)21-10-13-27-25(14-21)31-26(16-35-27)19-6-4-18(5-7-19)23-15-22(33-2)11-12-24(23)30/h4-7,10-15,17,20,26,28,31H,8-9,16H2,1-3H3/t17-,26?,28-/m0/s1. The number of hydrogen-bond acceptors (Lipinski definition) is 5. The topological polar surface area (TPSA) is 56.8 Å². The largest absolute Gasteiger partial charge is 0.497 e. The summed E-state index contributed by atoms with van der Waals surface area (Å²) in [6.07, 6.45) is 2.27. The van der Waals surface area contributed by atoms with Crippen LogP contribution in [0.25, 0.3) is 11.1 Å². The molecule has 0 bridgehead atoms. The van der Waals surface area contributed by atoms with Crippen LogP contribution in [0.1, 0.15) is 42.9 Å². The van der Waals surface area contributed by atoms with E-state index in [4.69, 9.17) is 14.2 Å². The summed E-state index contributed by atoms with van der Waals surface area (Å²) in [4.78, 5) is 12.3. The maximum atomic E-state index is 14.4. The lowest BCUT2D eigenvalue weighted by molar-refractivity contribution is -0.145. The van der Waals surface area contributed by atoms with Crippen LogP contribution < -0.4 is 14.8 Å². The van der Waals surface area contributed by atoms with Gasteiger partial charge >= 0.3 is 5.97 Å². The lowest BCUT2D eigenvalue weighted by Crippen LogP contribution is -2.25. The van der Waals surface area contributed by atoms with E-state index in [2.05, 4.69) is 17.4 Å². The van der Waals surface area contributed by atoms with Crippen LogP contribution in [0, 0.1) is 17.7 Å². The van der Waals surface area contributed by atoms with Crippen LogP contribution in [-0.4, -0.2) is 26.8 Å². The van der Waals surface area contributed by atoms with E-state index in [0.29, 0.717) is 23.8 Å². The fraction of sp³-hybridized carbons (Fsp3) is 0.345. The average molecular weight is 476 g/mol. The number of rotatable bonds is 7. The van der Waals surface area contributed by atoms with Crippen LogP contribution in [0.15, 0.2) is 60.7 Å². The third-order valence-corrected chi connectivity index (χ3v) is 7.16. The first kappa shape index (κ1) is 23.2. The highest BCUT2D eigenvalue weighted by Crippen LogP contribution is 2.48. The monoisotopic (exact) mass is 475 g/mol. The summed E-state index contributed by atoms with van der Waals surface area (Å²) in [5, 5.41) is 3.60. The van der Waals surface area contributed by atoms with Crippen molar-refractivity contribution < 1.29 is 23.4 Å². The number of carbonyl (C=O) groups excluding carboxylic acids is 1. The van der Waals surface area contributed by atoms with Crippen LogP contribution in [0.2, 0.25) is 0 Å². The maximum Gasteiger partial charge on any atom is 0.309 e. The lowest BCUT2D eigenvalue weighted by atomic mass is 9.83. The Labute approximate surface area is 205 Å². The molecule has 1 saturated carbocycles. The van der Waals surface area contributed by atoms with Crippen LogP contribution in [0.3, 0.4) is 0 Å². The highest BCUT2D eigenvalue weighted by atomic mass is 19.1.